The molecular formula is C24H24N6O7. The fourth-order valence-electron chi connectivity index (χ4n) is 4.24. The van der Waals surface area contributed by atoms with Gasteiger partial charge in [-0.05, 0) is 5.56 Å². The van der Waals surface area contributed by atoms with Crippen molar-refractivity contribution in [2.45, 2.75) is 31.0 Å². The number of hydrogen-bond acceptors (Lipinski definition) is 11. The quantitative estimate of drug-likeness (QED) is 0.197. The van der Waals surface area contributed by atoms with Crippen LogP contribution in [0.5, 0.6) is 5.88 Å². The van der Waals surface area contributed by atoms with Gasteiger partial charge in [0.15, 0.2) is 17.4 Å². The minimum atomic E-state index is -1.38. The van der Waals surface area contributed by atoms with Gasteiger partial charge in [-0.2, -0.15) is 9.97 Å². The molecule has 13 heteroatoms. The Morgan fingerprint density at radius 1 is 1.05 bits per heavy atom. The summed E-state index contributed by atoms with van der Waals surface area (Å²) in [6, 6.07) is 15.2. The number of anilines is 1. The molecule has 3 heterocycles. The van der Waals surface area contributed by atoms with Crippen LogP contribution in [0, 0.1) is 10.1 Å². The van der Waals surface area contributed by atoms with Crippen LogP contribution in [0.25, 0.3) is 22.6 Å². The predicted molar refractivity (Wildman–Crippen MR) is 130 cm³/mol. The Kier molecular flexibility index (Phi) is 6.67. The van der Waals surface area contributed by atoms with Gasteiger partial charge in [0.1, 0.15) is 24.1 Å². The largest absolute Gasteiger partial charge is 0.476 e. The summed E-state index contributed by atoms with van der Waals surface area (Å²) in [4.78, 5) is 23.6. The normalized spacial score (nSPS) is 21.4. The molecule has 1 saturated heterocycles. The number of aliphatic hydroxyl groups is 3. The molecule has 0 saturated carbocycles. The van der Waals surface area contributed by atoms with Crippen LogP contribution < -0.4 is 10.5 Å². The molecule has 0 unspecified atom stereocenters. The Morgan fingerprint density at radius 3 is 2.43 bits per heavy atom. The monoisotopic (exact) mass is 508 g/mol. The minimum absolute atomic E-state index is 0.00110. The zero-order valence-electron chi connectivity index (χ0n) is 19.4. The molecule has 2 aromatic heterocycles. The first-order valence-corrected chi connectivity index (χ1v) is 11.5. The number of nitrogens with zero attached hydrogens (tertiary/aromatic N) is 5. The molecule has 4 atom stereocenters. The van der Waals surface area contributed by atoms with Crippen molar-refractivity contribution in [1.82, 2.24) is 19.5 Å². The summed E-state index contributed by atoms with van der Waals surface area (Å²) >= 11 is 0. The molecule has 5 N–H and O–H groups in total. The van der Waals surface area contributed by atoms with E-state index in [9.17, 15) is 25.4 Å². The van der Waals surface area contributed by atoms with Crippen molar-refractivity contribution in [1.29, 1.82) is 0 Å². The number of imidazole rings is 1. The summed E-state index contributed by atoms with van der Waals surface area (Å²) in [6.45, 7) is -0.319. The molecule has 13 nitrogen and oxygen atoms in total. The van der Waals surface area contributed by atoms with E-state index in [2.05, 4.69) is 15.0 Å². The van der Waals surface area contributed by atoms with Crippen LogP contribution >= 0.6 is 0 Å². The number of nitrogen functional groups attached to an aromatic ring is 1. The molecule has 0 amide bonds. The van der Waals surface area contributed by atoms with Crippen LogP contribution in [0.3, 0.4) is 0 Å². The molecule has 0 radical (unpaired) electrons. The van der Waals surface area contributed by atoms with Crippen molar-refractivity contribution in [2.24, 2.45) is 0 Å². The fraction of sp³-hybridized carbons (Fsp3) is 0.292. The Labute approximate surface area is 209 Å². The Hall–Kier alpha value is -4.17. The molecule has 1 aliphatic rings. The zero-order chi connectivity index (χ0) is 26.1. The van der Waals surface area contributed by atoms with Crippen LogP contribution in [0.4, 0.5) is 11.6 Å². The van der Waals surface area contributed by atoms with Crippen molar-refractivity contribution >= 4 is 22.8 Å². The van der Waals surface area contributed by atoms with Gasteiger partial charge in [-0.1, -0.05) is 42.5 Å². The van der Waals surface area contributed by atoms with Crippen molar-refractivity contribution in [3.63, 3.8) is 0 Å². The minimum Gasteiger partial charge on any atom is -0.476 e. The summed E-state index contributed by atoms with van der Waals surface area (Å²) in [7, 11) is 0. The molecule has 0 aliphatic carbocycles. The number of hydrogen-bond donors (Lipinski definition) is 4. The van der Waals surface area contributed by atoms with Gasteiger partial charge in [0.2, 0.25) is 11.8 Å². The first-order chi connectivity index (χ1) is 17.9. The molecule has 5 rings (SSSR count). The highest BCUT2D eigenvalue weighted by Gasteiger charge is 2.45. The lowest BCUT2D eigenvalue weighted by molar-refractivity contribution is -0.384. The standard InChI is InChI=1S/C24H24N6O7/c25-24-27-21-17(22(28-24)36-11-10-13-6-8-15(9-7-13)30(34)35)26-20(14-4-2-1-3-5-14)29(21)23-19(33)18(32)16(12-31)37-23/h1-9,16,18-19,23,31-33H,10-12H2,(H2,25,27,28)/t16-,18-,19-,23-/m1/s1. The third-order valence-corrected chi connectivity index (χ3v) is 6.11. The van der Waals surface area contributed by atoms with Gasteiger partial charge in [0.25, 0.3) is 5.69 Å². The molecular weight excluding hydrogens is 484 g/mol. The average molecular weight is 508 g/mol. The number of benzene rings is 2. The maximum Gasteiger partial charge on any atom is 0.269 e. The van der Waals surface area contributed by atoms with Gasteiger partial charge >= 0.3 is 0 Å². The van der Waals surface area contributed by atoms with Crippen molar-refractivity contribution in [3.8, 4) is 17.3 Å². The molecule has 1 fully saturated rings. The number of non-ortho nitro benzene ring substituents is 1. The number of aromatic nitrogens is 4. The lowest BCUT2D eigenvalue weighted by Crippen LogP contribution is -2.33. The second kappa shape index (κ2) is 10.1. The van der Waals surface area contributed by atoms with E-state index in [-0.39, 0.29) is 35.3 Å². The SMILES string of the molecule is Nc1nc(OCCc2ccc([N+](=O)[O-])cc2)c2nc(-c3ccccc3)n([C@@H]3O[C@H](CO)[C@@H](O)[C@H]3O)c2n1. The molecule has 192 valence electrons. The van der Waals surface area contributed by atoms with E-state index in [4.69, 9.17) is 15.2 Å². The van der Waals surface area contributed by atoms with Gasteiger partial charge in [-0.3, -0.25) is 14.7 Å². The molecule has 1 aliphatic heterocycles. The summed E-state index contributed by atoms with van der Waals surface area (Å²) < 4.78 is 13.2. The van der Waals surface area contributed by atoms with Gasteiger partial charge < -0.3 is 30.5 Å². The average Bonchev–Trinajstić information content (AvgIpc) is 3.41. The third kappa shape index (κ3) is 4.68. The molecule has 37 heavy (non-hydrogen) atoms. The van der Waals surface area contributed by atoms with E-state index in [1.165, 1.54) is 16.7 Å². The van der Waals surface area contributed by atoms with E-state index >= 15 is 0 Å². The third-order valence-electron chi connectivity index (χ3n) is 6.11. The van der Waals surface area contributed by atoms with Crippen molar-refractivity contribution < 1.29 is 29.7 Å². The maximum atomic E-state index is 10.9. The van der Waals surface area contributed by atoms with Crippen molar-refractivity contribution in [2.75, 3.05) is 18.9 Å². The van der Waals surface area contributed by atoms with Crippen LogP contribution in [-0.2, 0) is 11.2 Å². The van der Waals surface area contributed by atoms with Gasteiger partial charge in [-0.15, -0.1) is 0 Å². The van der Waals surface area contributed by atoms with Gasteiger partial charge in [0.05, 0.1) is 18.1 Å². The number of fused-ring (bicyclic) bond motifs is 1. The number of nitrogens with two attached hydrogens (primary N) is 1. The number of ether oxygens (including phenoxy) is 2. The van der Waals surface area contributed by atoms with Crippen molar-refractivity contribution in [3.05, 3.63) is 70.3 Å². The van der Waals surface area contributed by atoms with Crippen LogP contribution in [0.2, 0.25) is 0 Å². The Morgan fingerprint density at radius 2 is 1.78 bits per heavy atom. The van der Waals surface area contributed by atoms with E-state index in [0.29, 0.717) is 17.8 Å². The smallest absolute Gasteiger partial charge is 0.269 e. The van der Waals surface area contributed by atoms with Crippen LogP contribution in [0.15, 0.2) is 54.6 Å². The summed E-state index contributed by atoms with van der Waals surface area (Å²) in [6.07, 6.45) is -4.38. The highest BCUT2D eigenvalue weighted by molar-refractivity contribution is 5.82. The lowest BCUT2D eigenvalue weighted by Gasteiger charge is -2.19. The first kappa shape index (κ1) is 24.5. The summed E-state index contributed by atoms with van der Waals surface area (Å²) in [5.74, 6) is 0.364. The van der Waals surface area contributed by atoms with E-state index < -0.39 is 36.1 Å². The second-order valence-corrected chi connectivity index (χ2v) is 8.48. The highest BCUT2D eigenvalue weighted by atomic mass is 16.6. The molecule has 4 aromatic rings. The first-order valence-electron chi connectivity index (χ1n) is 11.5. The highest BCUT2D eigenvalue weighted by Crippen LogP contribution is 2.37. The lowest BCUT2D eigenvalue weighted by atomic mass is 10.1. The Bertz CT molecular complexity index is 1410. The molecule has 0 bridgehead atoms. The maximum absolute atomic E-state index is 10.9. The van der Waals surface area contributed by atoms with Gasteiger partial charge in [0, 0.05) is 24.1 Å². The predicted octanol–water partition coefficient (Wildman–Crippen LogP) is 1.22. The van der Waals surface area contributed by atoms with Crippen LogP contribution in [0.1, 0.15) is 11.8 Å². The van der Waals surface area contributed by atoms with E-state index in [1.807, 2.05) is 30.3 Å². The van der Waals surface area contributed by atoms with Crippen LogP contribution in [-0.4, -0.2) is 71.3 Å². The zero-order valence-corrected chi connectivity index (χ0v) is 19.4. The number of rotatable bonds is 8. The summed E-state index contributed by atoms with van der Waals surface area (Å²) in [5.41, 5.74) is 7.96. The molecule has 0 spiro atoms. The fourth-order valence-corrected chi connectivity index (χ4v) is 4.24. The number of nitro benzene ring substituents is 1. The Balaban J connectivity index is 1.51. The second-order valence-electron chi connectivity index (χ2n) is 8.48. The molecule has 2 aromatic carbocycles. The topological polar surface area (TPSA) is 192 Å². The summed E-state index contributed by atoms with van der Waals surface area (Å²) in [5, 5.41) is 41.5. The number of aliphatic hydroxyl groups excluding tert-OH is 3. The van der Waals surface area contributed by atoms with E-state index in [0.717, 1.165) is 5.56 Å². The van der Waals surface area contributed by atoms with E-state index in [1.54, 1.807) is 12.1 Å². The van der Waals surface area contributed by atoms with Gasteiger partial charge in [-0.25, -0.2) is 4.98 Å². The number of nitro groups is 1.